The lowest BCUT2D eigenvalue weighted by atomic mass is 9.95. The van der Waals surface area contributed by atoms with E-state index in [9.17, 15) is 5.11 Å². The molecule has 4 nitrogen and oxygen atoms in total. The van der Waals surface area contributed by atoms with E-state index in [2.05, 4.69) is 10.1 Å². The molecule has 2 heterocycles. The topological polar surface area (TPSA) is 59.2 Å². The predicted octanol–water partition coefficient (Wildman–Crippen LogP) is 5.79. The van der Waals surface area contributed by atoms with E-state index in [0.717, 1.165) is 11.1 Å². The van der Waals surface area contributed by atoms with Crippen LogP contribution in [0.1, 0.15) is 17.2 Å². The maximum atomic E-state index is 11.1. The van der Waals surface area contributed by atoms with Crippen molar-refractivity contribution in [3.05, 3.63) is 94.2 Å². The number of halogens is 2. The molecule has 134 valence electrons. The summed E-state index contributed by atoms with van der Waals surface area (Å²) in [4.78, 5) is 4.10. The highest BCUT2D eigenvalue weighted by Crippen LogP contribution is 2.39. The predicted molar refractivity (Wildman–Crippen MR) is 106 cm³/mol. The number of pyridine rings is 1. The van der Waals surface area contributed by atoms with Crippen LogP contribution in [-0.2, 0) is 0 Å². The number of aliphatic hydroxyl groups excluding tert-OH is 1. The fourth-order valence-electron chi connectivity index (χ4n) is 2.94. The van der Waals surface area contributed by atoms with Gasteiger partial charge < -0.3 is 9.63 Å². The summed E-state index contributed by atoms with van der Waals surface area (Å²) in [5.74, 6) is 0.448. The van der Waals surface area contributed by atoms with Gasteiger partial charge >= 0.3 is 0 Å². The Balaban J connectivity index is 1.93. The molecule has 0 aliphatic heterocycles. The van der Waals surface area contributed by atoms with Crippen molar-refractivity contribution in [1.29, 1.82) is 0 Å². The second kappa shape index (κ2) is 7.53. The quantitative estimate of drug-likeness (QED) is 0.473. The van der Waals surface area contributed by atoms with Crippen LogP contribution < -0.4 is 0 Å². The van der Waals surface area contributed by atoms with Gasteiger partial charge in [0.25, 0.3) is 0 Å². The SMILES string of the molecule is OC(c1cccnc1)c1c(-c2cccc(Cl)c2)noc1-c1cccc(Cl)c1. The second-order valence-electron chi connectivity index (χ2n) is 5.98. The molecule has 4 aromatic rings. The number of nitrogens with zero attached hydrogens (tertiary/aromatic N) is 2. The number of benzene rings is 2. The molecule has 0 spiro atoms. The Morgan fingerprint density at radius 2 is 1.59 bits per heavy atom. The van der Waals surface area contributed by atoms with Crippen LogP contribution in [0.2, 0.25) is 10.0 Å². The maximum Gasteiger partial charge on any atom is 0.173 e. The van der Waals surface area contributed by atoms with Gasteiger partial charge in [-0.1, -0.05) is 58.7 Å². The monoisotopic (exact) mass is 396 g/mol. The van der Waals surface area contributed by atoms with Gasteiger partial charge in [-0.2, -0.15) is 0 Å². The molecule has 1 atom stereocenters. The summed E-state index contributed by atoms with van der Waals surface area (Å²) in [7, 11) is 0. The number of aromatic nitrogens is 2. The number of hydrogen-bond donors (Lipinski definition) is 1. The molecule has 0 saturated carbocycles. The zero-order valence-corrected chi connectivity index (χ0v) is 15.5. The normalized spacial score (nSPS) is 12.1. The lowest BCUT2D eigenvalue weighted by molar-refractivity contribution is 0.220. The van der Waals surface area contributed by atoms with Crippen molar-refractivity contribution < 1.29 is 9.63 Å². The van der Waals surface area contributed by atoms with Crippen molar-refractivity contribution in [2.45, 2.75) is 6.10 Å². The standard InChI is InChI=1S/C21H14Cl2N2O2/c22-16-7-1-4-13(10-16)19-18(20(26)15-6-3-9-24-12-15)21(27-25-19)14-5-2-8-17(23)11-14/h1-12,20,26H. The van der Waals surface area contributed by atoms with E-state index >= 15 is 0 Å². The lowest BCUT2D eigenvalue weighted by Gasteiger charge is -2.13. The highest BCUT2D eigenvalue weighted by Gasteiger charge is 2.26. The van der Waals surface area contributed by atoms with Crippen LogP contribution in [0.5, 0.6) is 0 Å². The Labute approximate surface area is 166 Å². The van der Waals surface area contributed by atoms with E-state index in [4.69, 9.17) is 27.7 Å². The van der Waals surface area contributed by atoms with Gasteiger partial charge in [-0.05, 0) is 30.3 Å². The van der Waals surface area contributed by atoms with Crippen molar-refractivity contribution in [2.75, 3.05) is 0 Å². The first-order valence-electron chi connectivity index (χ1n) is 8.23. The lowest BCUT2D eigenvalue weighted by Crippen LogP contribution is -2.02. The molecule has 0 bridgehead atoms. The van der Waals surface area contributed by atoms with Crippen molar-refractivity contribution in [3.63, 3.8) is 0 Å². The largest absolute Gasteiger partial charge is 0.383 e. The molecule has 0 amide bonds. The van der Waals surface area contributed by atoms with Crippen LogP contribution in [0.4, 0.5) is 0 Å². The van der Waals surface area contributed by atoms with Crippen LogP contribution in [0, 0.1) is 0 Å². The zero-order valence-electron chi connectivity index (χ0n) is 14.0. The van der Waals surface area contributed by atoms with E-state index in [0.29, 0.717) is 32.6 Å². The number of rotatable bonds is 4. The smallest absolute Gasteiger partial charge is 0.173 e. The molecule has 6 heteroatoms. The Morgan fingerprint density at radius 1 is 0.889 bits per heavy atom. The molecule has 4 rings (SSSR count). The van der Waals surface area contributed by atoms with Gasteiger partial charge in [-0.15, -0.1) is 0 Å². The first-order chi connectivity index (χ1) is 13.1. The average Bonchev–Trinajstić information content (AvgIpc) is 3.13. The van der Waals surface area contributed by atoms with Crippen LogP contribution in [0.3, 0.4) is 0 Å². The van der Waals surface area contributed by atoms with Crippen molar-refractivity contribution in [3.8, 4) is 22.6 Å². The highest BCUT2D eigenvalue weighted by molar-refractivity contribution is 6.31. The molecule has 0 aliphatic carbocycles. The minimum absolute atomic E-state index is 0.448. The van der Waals surface area contributed by atoms with Crippen LogP contribution >= 0.6 is 23.2 Å². The first-order valence-corrected chi connectivity index (χ1v) is 8.98. The molecular formula is C21H14Cl2N2O2. The minimum atomic E-state index is -0.979. The summed E-state index contributed by atoms with van der Waals surface area (Å²) >= 11 is 12.3. The third kappa shape index (κ3) is 3.60. The molecular weight excluding hydrogens is 383 g/mol. The Hall–Kier alpha value is -2.66. The Morgan fingerprint density at radius 3 is 2.26 bits per heavy atom. The molecule has 0 fully saturated rings. The van der Waals surface area contributed by atoms with Gasteiger partial charge in [0.15, 0.2) is 5.76 Å². The summed E-state index contributed by atoms with van der Waals surface area (Å²) in [6.45, 7) is 0. The molecule has 1 unspecified atom stereocenters. The van der Waals surface area contributed by atoms with Gasteiger partial charge in [-0.3, -0.25) is 4.98 Å². The summed E-state index contributed by atoms with van der Waals surface area (Å²) in [6, 6.07) is 18.0. The maximum absolute atomic E-state index is 11.1. The molecule has 0 radical (unpaired) electrons. The van der Waals surface area contributed by atoms with E-state index in [1.165, 1.54) is 0 Å². The van der Waals surface area contributed by atoms with Crippen molar-refractivity contribution in [1.82, 2.24) is 10.1 Å². The van der Waals surface area contributed by atoms with Gasteiger partial charge in [0.05, 0.1) is 5.56 Å². The third-order valence-electron chi connectivity index (χ3n) is 4.19. The summed E-state index contributed by atoms with van der Waals surface area (Å²) in [5.41, 5.74) is 3.15. The fraction of sp³-hybridized carbons (Fsp3) is 0.0476. The van der Waals surface area contributed by atoms with Gasteiger partial charge in [0.1, 0.15) is 11.8 Å². The first kappa shape index (κ1) is 17.7. The Kier molecular flexibility index (Phi) is 4.94. The highest BCUT2D eigenvalue weighted by atomic mass is 35.5. The van der Waals surface area contributed by atoms with E-state index in [1.807, 2.05) is 24.3 Å². The average molecular weight is 397 g/mol. The fourth-order valence-corrected chi connectivity index (χ4v) is 3.32. The minimum Gasteiger partial charge on any atom is -0.383 e. The molecule has 0 saturated heterocycles. The Bertz CT molecular complexity index is 1020. The molecule has 0 aliphatic rings. The van der Waals surface area contributed by atoms with Crippen LogP contribution in [0.15, 0.2) is 77.6 Å². The third-order valence-corrected chi connectivity index (χ3v) is 4.66. The number of aliphatic hydroxyl groups is 1. The van der Waals surface area contributed by atoms with Crippen molar-refractivity contribution in [2.24, 2.45) is 0 Å². The summed E-state index contributed by atoms with van der Waals surface area (Å²) in [6.07, 6.45) is 2.29. The van der Waals surface area contributed by atoms with E-state index in [1.54, 1.807) is 48.8 Å². The van der Waals surface area contributed by atoms with Gasteiger partial charge in [0.2, 0.25) is 0 Å². The van der Waals surface area contributed by atoms with Gasteiger partial charge in [-0.25, -0.2) is 0 Å². The van der Waals surface area contributed by atoms with Crippen molar-refractivity contribution >= 4 is 23.2 Å². The second-order valence-corrected chi connectivity index (χ2v) is 6.86. The number of hydrogen-bond acceptors (Lipinski definition) is 4. The van der Waals surface area contributed by atoms with Gasteiger partial charge in [0, 0.05) is 39.1 Å². The van der Waals surface area contributed by atoms with Crippen LogP contribution in [0.25, 0.3) is 22.6 Å². The summed E-state index contributed by atoms with van der Waals surface area (Å²) in [5, 5.41) is 16.5. The van der Waals surface area contributed by atoms with Crippen LogP contribution in [-0.4, -0.2) is 15.2 Å². The molecule has 27 heavy (non-hydrogen) atoms. The molecule has 2 aromatic carbocycles. The molecule has 1 N–H and O–H groups in total. The zero-order chi connectivity index (χ0) is 18.8. The molecule has 2 aromatic heterocycles. The summed E-state index contributed by atoms with van der Waals surface area (Å²) < 4.78 is 5.64. The van der Waals surface area contributed by atoms with E-state index < -0.39 is 6.10 Å². The van der Waals surface area contributed by atoms with E-state index in [-0.39, 0.29) is 0 Å².